The number of carbonyl (C=O) groups is 1. The molecule has 2 aromatic heterocycles. The van der Waals surface area contributed by atoms with Crippen LogP contribution in [0.2, 0.25) is 0 Å². The lowest BCUT2D eigenvalue weighted by molar-refractivity contribution is -0.274. The maximum atomic E-state index is 12.6. The first-order valence-electron chi connectivity index (χ1n) is 13.3. The number of aromatic nitrogens is 4. The Morgan fingerprint density at radius 2 is 1.77 bits per heavy atom. The topological polar surface area (TPSA) is 127 Å². The molecule has 2 amide bonds. The number of alkyl halides is 3. The van der Waals surface area contributed by atoms with Gasteiger partial charge in [-0.1, -0.05) is 62.4 Å². The van der Waals surface area contributed by atoms with E-state index in [1.165, 1.54) is 35.3 Å². The molecule has 0 unspecified atom stereocenters. The fraction of sp³-hybridized carbons (Fsp3) is 0.200. The Labute approximate surface area is 243 Å². The Hall–Kier alpha value is -5.33. The summed E-state index contributed by atoms with van der Waals surface area (Å²) in [6.07, 6.45) is -2.77. The van der Waals surface area contributed by atoms with Gasteiger partial charge in [0.25, 0.3) is 5.56 Å². The number of benzene rings is 3. The van der Waals surface area contributed by atoms with Crippen LogP contribution in [0.25, 0.3) is 28.2 Å². The molecule has 0 aliphatic rings. The molecule has 43 heavy (non-hydrogen) atoms. The van der Waals surface area contributed by atoms with Crippen molar-refractivity contribution in [3.8, 4) is 34.0 Å². The Morgan fingerprint density at radius 3 is 2.47 bits per heavy atom. The average Bonchev–Trinajstić information content (AvgIpc) is 3.60. The molecule has 3 aromatic carbocycles. The molecule has 5 aromatic rings. The molecular weight excluding hydrogens is 565 g/mol. The average molecular weight is 593 g/mol. The summed E-state index contributed by atoms with van der Waals surface area (Å²) in [5.41, 5.74) is 3.68. The summed E-state index contributed by atoms with van der Waals surface area (Å²) >= 11 is 0. The van der Waals surface area contributed by atoms with Crippen molar-refractivity contribution in [1.82, 2.24) is 25.2 Å². The van der Waals surface area contributed by atoms with Crippen molar-refractivity contribution in [2.75, 3.05) is 11.9 Å². The minimum absolute atomic E-state index is 0.0393. The van der Waals surface area contributed by atoms with E-state index in [2.05, 4.69) is 30.6 Å². The molecule has 13 heteroatoms. The zero-order chi connectivity index (χ0) is 30.6. The van der Waals surface area contributed by atoms with Gasteiger partial charge in [0.05, 0.1) is 5.69 Å². The zero-order valence-electron chi connectivity index (χ0n) is 23.1. The van der Waals surface area contributed by atoms with Gasteiger partial charge in [0, 0.05) is 12.1 Å². The van der Waals surface area contributed by atoms with E-state index >= 15 is 0 Å². The summed E-state index contributed by atoms with van der Waals surface area (Å²) in [5.74, 6) is 0.305. The van der Waals surface area contributed by atoms with Crippen LogP contribution in [0, 0.1) is 0 Å². The number of urea groups is 1. The molecule has 3 N–H and O–H groups in total. The molecule has 0 spiro atoms. The van der Waals surface area contributed by atoms with Crippen LogP contribution in [0.15, 0.2) is 88.4 Å². The van der Waals surface area contributed by atoms with Crippen molar-refractivity contribution in [1.29, 1.82) is 0 Å². The van der Waals surface area contributed by atoms with E-state index < -0.39 is 18.0 Å². The van der Waals surface area contributed by atoms with Gasteiger partial charge in [0.15, 0.2) is 5.82 Å². The molecule has 222 valence electrons. The number of rotatable bonds is 9. The van der Waals surface area contributed by atoms with Gasteiger partial charge in [-0.05, 0) is 53.3 Å². The second-order valence-corrected chi connectivity index (χ2v) is 9.86. The van der Waals surface area contributed by atoms with Crippen LogP contribution in [-0.4, -0.2) is 38.9 Å². The summed E-state index contributed by atoms with van der Waals surface area (Å²) in [7, 11) is 0. The number of hydrogen-bond donors (Lipinski definition) is 3. The van der Waals surface area contributed by atoms with Crippen LogP contribution in [0.5, 0.6) is 5.75 Å². The molecule has 10 nitrogen and oxygen atoms in total. The van der Waals surface area contributed by atoms with E-state index in [1.807, 2.05) is 62.4 Å². The van der Waals surface area contributed by atoms with Gasteiger partial charge in [-0.2, -0.15) is 5.16 Å². The van der Waals surface area contributed by atoms with Crippen molar-refractivity contribution in [2.24, 2.45) is 0 Å². The SMILES string of the molecule is CC(C)c1ccccc1-c1c(NC(=O)NCCc2ccc(-c3ncn(-c4ccc(OC(F)(F)F)cc4)n3)cc2)o[nH]c1=O. The molecule has 0 saturated heterocycles. The zero-order valence-corrected chi connectivity index (χ0v) is 23.1. The third-order valence-corrected chi connectivity index (χ3v) is 6.52. The number of halogens is 3. The lowest BCUT2D eigenvalue weighted by atomic mass is 9.94. The molecule has 0 fully saturated rings. The van der Waals surface area contributed by atoms with Crippen LogP contribution in [0.1, 0.15) is 30.9 Å². The Bertz CT molecular complexity index is 1760. The number of anilines is 1. The van der Waals surface area contributed by atoms with Gasteiger partial charge in [0.1, 0.15) is 17.6 Å². The second-order valence-electron chi connectivity index (χ2n) is 9.86. The number of ether oxygens (including phenoxy) is 1. The van der Waals surface area contributed by atoms with Crippen LogP contribution in [0.3, 0.4) is 0 Å². The van der Waals surface area contributed by atoms with E-state index in [-0.39, 0.29) is 23.1 Å². The van der Waals surface area contributed by atoms with Gasteiger partial charge in [-0.3, -0.25) is 10.1 Å². The molecule has 0 radical (unpaired) electrons. The first kappa shape index (κ1) is 29.2. The summed E-state index contributed by atoms with van der Waals surface area (Å²) in [6.45, 7) is 4.36. The van der Waals surface area contributed by atoms with E-state index in [9.17, 15) is 22.8 Å². The van der Waals surface area contributed by atoms with Crippen molar-refractivity contribution in [2.45, 2.75) is 32.5 Å². The fourth-order valence-electron chi connectivity index (χ4n) is 4.47. The monoisotopic (exact) mass is 592 g/mol. The minimum atomic E-state index is -4.76. The molecule has 0 aliphatic heterocycles. The molecule has 0 bridgehead atoms. The summed E-state index contributed by atoms with van der Waals surface area (Å²) in [4.78, 5) is 29.3. The van der Waals surface area contributed by atoms with Crippen molar-refractivity contribution >= 4 is 11.9 Å². The smallest absolute Gasteiger partial charge is 0.406 e. The lowest BCUT2D eigenvalue weighted by Gasteiger charge is -2.12. The fourth-order valence-corrected chi connectivity index (χ4v) is 4.47. The highest BCUT2D eigenvalue weighted by Crippen LogP contribution is 2.31. The van der Waals surface area contributed by atoms with Crippen molar-refractivity contribution < 1.29 is 27.2 Å². The largest absolute Gasteiger partial charge is 0.573 e. The molecule has 2 heterocycles. The molecule has 0 aliphatic carbocycles. The summed E-state index contributed by atoms with van der Waals surface area (Å²) < 4.78 is 47.7. The highest BCUT2D eigenvalue weighted by atomic mass is 19.4. The predicted octanol–water partition coefficient (Wildman–Crippen LogP) is 6.27. The number of nitrogens with zero attached hydrogens (tertiary/aromatic N) is 3. The first-order chi connectivity index (χ1) is 20.6. The number of H-pyrrole nitrogens is 1. The summed E-state index contributed by atoms with van der Waals surface area (Å²) in [6, 6.07) is 19.7. The molecule has 0 saturated carbocycles. The maximum Gasteiger partial charge on any atom is 0.573 e. The van der Waals surface area contributed by atoms with Crippen LogP contribution < -0.4 is 20.9 Å². The Balaban J connectivity index is 1.16. The van der Waals surface area contributed by atoms with Gasteiger partial charge in [-0.25, -0.2) is 14.5 Å². The standard InChI is InChI=1S/C30H27F3N6O4/c1-18(2)23-5-3-4-6-24(23)25-27(40)38-43-28(25)36-29(41)34-16-15-19-7-9-20(10-8-19)26-35-17-39(37-26)21-11-13-22(14-12-21)42-30(31,32)33/h3-14,17-18H,15-16H2,1-2H3,(H,38,40)(H2,34,36,41). The van der Waals surface area contributed by atoms with E-state index in [0.717, 1.165) is 16.7 Å². The third kappa shape index (κ3) is 7.12. The quantitative estimate of drug-likeness (QED) is 0.185. The Kier molecular flexibility index (Phi) is 8.32. The van der Waals surface area contributed by atoms with Crippen LogP contribution >= 0.6 is 0 Å². The maximum absolute atomic E-state index is 12.6. The molecular formula is C30H27F3N6O4. The Morgan fingerprint density at radius 1 is 1.05 bits per heavy atom. The van der Waals surface area contributed by atoms with E-state index in [4.69, 9.17) is 4.52 Å². The predicted molar refractivity (Wildman–Crippen MR) is 153 cm³/mol. The van der Waals surface area contributed by atoms with Crippen molar-refractivity contribution in [3.63, 3.8) is 0 Å². The van der Waals surface area contributed by atoms with Gasteiger partial charge < -0.3 is 14.6 Å². The second kappa shape index (κ2) is 12.3. The minimum Gasteiger partial charge on any atom is -0.406 e. The molecule has 5 rings (SSSR count). The van der Waals surface area contributed by atoms with Gasteiger partial charge >= 0.3 is 12.4 Å². The van der Waals surface area contributed by atoms with Crippen LogP contribution in [-0.2, 0) is 6.42 Å². The number of aromatic amines is 1. The number of nitrogens with one attached hydrogen (secondary N) is 3. The highest BCUT2D eigenvalue weighted by molar-refractivity contribution is 5.92. The normalized spacial score (nSPS) is 11.5. The first-order valence-corrected chi connectivity index (χ1v) is 13.3. The molecule has 0 atom stereocenters. The van der Waals surface area contributed by atoms with Gasteiger partial charge in [0.2, 0.25) is 5.88 Å². The number of hydrogen-bond acceptors (Lipinski definition) is 6. The van der Waals surface area contributed by atoms with E-state index in [1.54, 1.807) is 0 Å². The van der Waals surface area contributed by atoms with E-state index in [0.29, 0.717) is 30.0 Å². The van der Waals surface area contributed by atoms with Gasteiger partial charge in [-0.15, -0.1) is 18.3 Å². The van der Waals surface area contributed by atoms with Crippen LogP contribution in [0.4, 0.5) is 23.8 Å². The lowest BCUT2D eigenvalue weighted by Crippen LogP contribution is -2.30. The highest BCUT2D eigenvalue weighted by Gasteiger charge is 2.31. The third-order valence-electron chi connectivity index (χ3n) is 6.52. The number of amides is 2. The number of carbonyl (C=O) groups excluding carboxylic acids is 1. The van der Waals surface area contributed by atoms with Crippen molar-refractivity contribution in [3.05, 3.63) is 101 Å². The summed E-state index contributed by atoms with van der Waals surface area (Å²) in [5, 5.41) is 12.1.